The summed E-state index contributed by atoms with van der Waals surface area (Å²) in [5, 5.41) is 11.5. The standard InChI is InChI=1S/C18H22N4O3S3/c1-5-6-26-16-19-15-13(10-7-18(2,3)25-8-11(10)28-15)14-20-21-17(22(14)16)27-9-12(23)24-4/h5-9H2,1-4H3. The van der Waals surface area contributed by atoms with Gasteiger partial charge in [0.2, 0.25) is 0 Å². The van der Waals surface area contributed by atoms with E-state index in [1.54, 1.807) is 23.1 Å². The van der Waals surface area contributed by atoms with Crippen molar-refractivity contribution in [1.82, 2.24) is 19.6 Å². The normalized spacial score (nSPS) is 15.9. The van der Waals surface area contributed by atoms with Crippen LogP contribution in [0.1, 0.15) is 37.6 Å². The Hall–Kier alpha value is -1.36. The number of ether oxygens (including phenoxy) is 2. The van der Waals surface area contributed by atoms with Crippen molar-refractivity contribution in [3.63, 3.8) is 0 Å². The molecule has 0 aliphatic carbocycles. The fraction of sp³-hybridized carbons (Fsp3) is 0.556. The largest absolute Gasteiger partial charge is 0.468 e. The third-order valence-electron chi connectivity index (χ3n) is 4.50. The van der Waals surface area contributed by atoms with E-state index in [0.717, 1.165) is 39.6 Å². The zero-order chi connectivity index (χ0) is 19.9. The van der Waals surface area contributed by atoms with Crippen molar-refractivity contribution >= 4 is 56.7 Å². The minimum atomic E-state index is -0.287. The van der Waals surface area contributed by atoms with Crippen LogP contribution < -0.4 is 0 Å². The molecule has 0 atom stereocenters. The maximum Gasteiger partial charge on any atom is 0.316 e. The Balaban J connectivity index is 1.88. The lowest BCUT2D eigenvalue weighted by atomic mass is 9.94. The quantitative estimate of drug-likeness (QED) is 0.325. The molecule has 3 aromatic rings. The van der Waals surface area contributed by atoms with Gasteiger partial charge < -0.3 is 9.47 Å². The van der Waals surface area contributed by atoms with Crippen molar-refractivity contribution in [2.24, 2.45) is 0 Å². The molecule has 0 bridgehead atoms. The summed E-state index contributed by atoms with van der Waals surface area (Å²) in [5.41, 5.74) is 1.86. The summed E-state index contributed by atoms with van der Waals surface area (Å²) in [5.74, 6) is 0.856. The van der Waals surface area contributed by atoms with E-state index in [1.165, 1.54) is 29.3 Å². The van der Waals surface area contributed by atoms with Crippen LogP contribution in [0.3, 0.4) is 0 Å². The van der Waals surface area contributed by atoms with Crippen LogP contribution in [0.15, 0.2) is 10.3 Å². The van der Waals surface area contributed by atoms with Crippen molar-refractivity contribution in [3.8, 4) is 0 Å². The number of carbonyl (C=O) groups excluding carboxylic acids is 1. The number of methoxy groups -OCH3 is 1. The zero-order valence-corrected chi connectivity index (χ0v) is 18.7. The summed E-state index contributed by atoms with van der Waals surface area (Å²) in [4.78, 5) is 18.8. The fourth-order valence-electron chi connectivity index (χ4n) is 3.16. The maximum absolute atomic E-state index is 11.6. The van der Waals surface area contributed by atoms with E-state index < -0.39 is 0 Å². The summed E-state index contributed by atoms with van der Waals surface area (Å²) < 4.78 is 12.7. The predicted octanol–water partition coefficient (Wildman–Crippen LogP) is 3.96. The first-order valence-electron chi connectivity index (χ1n) is 9.09. The molecule has 4 rings (SSSR count). The highest BCUT2D eigenvalue weighted by Gasteiger charge is 2.31. The lowest BCUT2D eigenvalue weighted by Crippen LogP contribution is -2.31. The van der Waals surface area contributed by atoms with E-state index in [-0.39, 0.29) is 17.3 Å². The van der Waals surface area contributed by atoms with Gasteiger partial charge in [0.15, 0.2) is 16.0 Å². The van der Waals surface area contributed by atoms with Crippen LogP contribution in [0.5, 0.6) is 0 Å². The Kier molecular flexibility index (Phi) is 5.56. The molecule has 28 heavy (non-hydrogen) atoms. The highest BCUT2D eigenvalue weighted by molar-refractivity contribution is 8.00. The lowest BCUT2D eigenvalue weighted by molar-refractivity contribution is -0.137. The van der Waals surface area contributed by atoms with Crippen molar-refractivity contribution in [3.05, 3.63) is 10.4 Å². The average Bonchev–Trinajstić information content (AvgIpc) is 3.24. The molecule has 0 aromatic carbocycles. The van der Waals surface area contributed by atoms with Gasteiger partial charge in [0, 0.05) is 17.1 Å². The van der Waals surface area contributed by atoms with Crippen LogP contribution in [-0.2, 0) is 27.3 Å². The molecule has 0 unspecified atom stereocenters. The first-order chi connectivity index (χ1) is 13.4. The first-order valence-corrected chi connectivity index (χ1v) is 11.9. The van der Waals surface area contributed by atoms with E-state index in [4.69, 9.17) is 14.5 Å². The smallest absolute Gasteiger partial charge is 0.316 e. The van der Waals surface area contributed by atoms with Crippen molar-refractivity contribution < 1.29 is 14.3 Å². The monoisotopic (exact) mass is 438 g/mol. The number of thiophene rings is 1. The molecule has 0 saturated heterocycles. The number of rotatable bonds is 6. The van der Waals surface area contributed by atoms with Gasteiger partial charge in [-0.1, -0.05) is 30.4 Å². The number of fused-ring (bicyclic) bond motifs is 5. The minimum absolute atomic E-state index is 0.190. The van der Waals surface area contributed by atoms with Crippen molar-refractivity contribution in [1.29, 1.82) is 0 Å². The summed E-state index contributed by atoms with van der Waals surface area (Å²) >= 11 is 4.70. The summed E-state index contributed by atoms with van der Waals surface area (Å²) in [6.07, 6.45) is 1.86. The van der Waals surface area contributed by atoms with Crippen molar-refractivity contribution in [2.45, 2.75) is 56.1 Å². The van der Waals surface area contributed by atoms with Crippen LogP contribution in [0.25, 0.3) is 15.9 Å². The van der Waals surface area contributed by atoms with Crippen LogP contribution in [-0.4, -0.2) is 49.8 Å². The topological polar surface area (TPSA) is 78.6 Å². The molecule has 0 radical (unpaired) electrons. The van der Waals surface area contributed by atoms with Gasteiger partial charge >= 0.3 is 5.97 Å². The predicted molar refractivity (Wildman–Crippen MR) is 112 cm³/mol. The molecule has 0 spiro atoms. The SMILES string of the molecule is CCCSc1nc2sc3c(c2c2nnc(SCC(=O)OC)n12)CC(C)(C)OC3. The second-order valence-electron chi connectivity index (χ2n) is 7.16. The molecular weight excluding hydrogens is 416 g/mol. The number of thioether (sulfide) groups is 2. The number of nitrogens with zero attached hydrogens (tertiary/aromatic N) is 4. The fourth-order valence-corrected chi connectivity index (χ4v) is 5.98. The molecule has 10 heteroatoms. The molecule has 0 N–H and O–H groups in total. The van der Waals surface area contributed by atoms with Gasteiger partial charge in [-0.25, -0.2) is 9.38 Å². The molecule has 150 valence electrons. The number of esters is 1. The molecule has 3 aromatic heterocycles. The van der Waals surface area contributed by atoms with E-state index in [0.29, 0.717) is 11.8 Å². The molecule has 7 nitrogen and oxygen atoms in total. The van der Waals surface area contributed by atoms with Gasteiger partial charge in [-0.05, 0) is 25.8 Å². The van der Waals surface area contributed by atoms with Gasteiger partial charge in [-0.15, -0.1) is 21.5 Å². The number of carbonyl (C=O) groups is 1. The van der Waals surface area contributed by atoms with E-state index in [1.807, 2.05) is 4.40 Å². The summed E-state index contributed by atoms with van der Waals surface area (Å²) in [6, 6.07) is 0. The van der Waals surface area contributed by atoms with Crippen LogP contribution in [0.2, 0.25) is 0 Å². The number of hydrogen-bond donors (Lipinski definition) is 0. The Bertz CT molecular complexity index is 1040. The van der Waals surface area contributed by atoms with Crippen molar-refractivity contribution in [2.75, 3.05) is 18.6 Å². The molecule has 4 heterocycles. The van der Waals surface area contributed by atoms with E-state index in [2.05, 4.69) is 31.0 Å². The second-order valence-corrected chi connectivity index (χ2v) is 10.2. The summed E-state index contributed by atoms with van der Waals surface area (Å²) in [7, 11) is 1.39. The van der Waals surface area contributed by atoms with Gasteiger partial charge in [0.1, 0.15) is 4.83 Å². The highest BCUT2D eigenvalue weighted by Crippen LogP contribution is 2.41. The molecule has 0 fully saturated rings. The molecule has 0 amide bonds. The Morgan fingerprint density at radius 2 is 2.14 bits per heavy atom. The Labute approximate surface area is 175 Å². The minimum Gasteiger partial charge on any atom is -0.468 e. The average molecular weight is 439 g/mol. The third-order valence-corrected chi connectivity index (χ3v) is 7.64. The van der Waals surface area contributed by atoms with E-state index >= 15 is 0 Å². The Morgan fingerprint density at radius 1 is 1.32 bits per heavy atom. The highest BCUT2D eigenvalue weighted by atomic mass is 32.2. The van der Waals surface area contributed by atoms with Crippen LogP contribution in [0, 0.1) is 0 Å². The zero-order valence-electron chi connectivity index (χ0n) is 16.3. The second kappa shape index (κ2) is 7.81. The third kappa shape index (κ3) is 3.62. The molecule has 0 saturated carbocycles. The van der Waals surface area contributed by atoms with Gasteiger partial charge in [0.25, 0.3) is 0 Å². The molecule has 1 aliphatic rings. The molecular formula is C18H22N4O3S3. The first kappa shape index (κ1) is 19.9. The summed E-state index contributed by atoms with van der Waals surface area (Å²) in [6.45, 7) is 6.96. The number of hydrogen-bond acceptors (Lipinski definition) is 9. The van der Waals surface area contributed by atoms with Crippen LogP contribution >= 0.6 is 34.9 Å². The van der Waals surface area contributed by atoms with Crippen LogP contribution in [0.4, 0.5) is 0 Å². The van der Waals surface area contributed by atoms with Gasteiger partial charge in [-0.2, -0.15) is 0 Å². The molecule has 1 aliphatic heterocycles. The maximum atomic E-state index is 11.6. The number of aromatic nitrogens is 4. The van der Waals surface area contributed by atoms with E-state index in [9.17, 15) is 4.79 Å². The lowest BCUT2D eigenvalue weighted by Gasteiger charge is -2.30. The van der Waals surface area contributed by atoms with Gasteiger partial charge in [0.05, 0.1) is 30.5 Å². The Morgan fingerprint density at radius 3 is 2.89 bits per heavy atom. The van der Waals surface area contributed by atoms with Gasteiger partial charge in [-0.3, -0.25) is 4.79 Å².